The molecule has 0 unspecified atom stereocenters. The zero-order chi connectivity index (χ0) is 10.0. The second-order valence-electron chi connectivity index (χ2n) is 3.13. The molecule has 1 rings (SSSR count). The first-order chi connectivity index (χ1) is 6.11. The molecule has 0 aliphatic carbocycles. The Labute approximate surface area is 77.2 Å². The number of aliphatic hydroxyl groups excluding tert-OH is 2. The van der Waals surface area contributed by atoms with Gasteiger partial charge in [0.05, 0.1) is 6.10 Å². The third kappa shape index (κ3) is 2.00. The molecule has 2 N–H and O–H groups in total. The number of aliphatic hydroxyl groups is 2. The van der Waals surface area contributed by atoms with Crippen LogP contribution in [0.1, 0.15) is 6.92 Å². The Hall–Kier alpha value is -0.200. The predicted octanol–water partition coefficient (Wildman–Crippen LogP) is -0.886. The molecule has 0 radical (unpaired) electrons. The van der Waals surface area contributed by atoms with Gasteiger partial charge in [-0.1, -0.05) is 0 Å². The van der Waals surface area contributed by atoms with E-state index in [-0.39, 0.29) is 0 Å². The molecule has 0 aromatic heterocycles. The minimum absolute atomic E-state index is 0.404. The van der Waals surface area contributed by atoms with Crippen molar-refractivity contribution in [1.29, 1.82) is 0 Å². The standard InChI is InChI=1S/C8H16O5/c1-4-5(9)7(11-2)6(10)8(12-3)13-4/h4-10H,1-3H3/t4-,5+,6-,7+,8+/m0/s1. The highest BCUT2D eigenvalue weighted by atomic mass is 16.7. The fraction of sp³-hybridized carbons (Fsp3) is 1.00. The molecule has 0 aromatic carbocycles. The summed E-state index contributed by atoms with van der Waals surface area (Å²) in [7, 11) is 2.87. The van der Waals surface area contributed by atoms with Crippen molar-refractivity contribution in [2.75, 3.05) is 14.2 Å². The summed E-state index contributed by atoms with van der Waals surface area (Å²) in [5.41, 5.74) is 0. The van der Waals surface area contributed by atoms with Crippen LogP contribution in [0, 0.1) is 0 Å². The van der Waals surface area contributed by atoms with Gasteiger partial charge < -0.3 is 24.4 Å². The van der Waals surface area contributed by atoms with Gasteiger partial charge in [0.2, 0.25) is 0 Å². The quantitative estimate of drug-likeness (QED) is 0.594. The fourth-order valence-electron chi connectivity index (χ4n) is 1.47. The van der Waals surface area contributed by atoms with Crippen molar-refractivity contribution < 1.29 is 24.4 Å². The maximum absolute atomic E-state index is 9.58. The van der Waals surface area contributed by atoms with Crippen LogP contribution in [0.2, 0.25) is 0 Å². The summed E-state index contributed by atoms with van der Waals surface area (Å²) in [5, 5.41) is 19.1. The molecule has 5 heteroatoms. The lowest BCUT2D eigenvalue weighted by atomic mass is 10.00. The van der Waals surface area contributed by atoms with Gasteiger partial charge in [0.1, 0.15) is 18.3 Å². The Kier molecular flexibility index (Phi) is 3.63. The van der Waals surface area contributed by atoms with Gasteiger partial charge in [-0.2, -0.15) is 0 Å². The van der Waals surface area contributed by atoms with Crippen LogP contribution in [-0.2, 0) is 14.2 Å². The highest BCUT2D eigenvalue weighted by Gasteiger charge is 2.43. The average molecular weight is 192 g/mol. The molecule has 13 heavy (non-hydrogen) atoms. The minimum Gasteiger partial charge on any atom is -0.388 e. The Morgan fingerprint density at radius 1 is 1.08 bits per heavy atom. The molecule has 5 atom stereocenters. The van der Waals surface area contributed by atoms with Crippen molar-refractivity contribution in [3.05, 3.63) is 0 Å². The van der Waals surface area contributed by atoms with E-state index in [9.17, 15) is 10.2 Å². The van der Waals surface area contributed by atoms with E-state index in [4.69, 9.17) is 14.2 Å². The average Bonchev–Trinajstić information content (AvgIpc) is 2.12. The third-order valence-corrected chi connectivity index (χ3v) is 2.29. The molecule has 0 aromatic rings. The molecule has 1 aliphatic rings. The van der Waals surface area contributed by atoms with Gasteiger partial charge in [-0.25, -0.2) is 0 Å². The number of hydrogen-bond acceptors (Lipinski definition) is 5. The molecular formula is C8H16O5. The molecule has 1 aliphatic heterocycles. The second-order valence-corrected chi connectivity index (χ2v) is 3.13. The van der Waals surface area contributed by atoms with Gasteiger partial charge in [-0.15, -0.1) is 0 Å². The molecular weight excluding hydrogens is 176 g/mol. The van der Waals surface area contributed by atoms with E-state index in [0.29, 0.717) is 0 Å². The molecule has 5 nitrogen and oxygen atoms in total. The molecule has 0 bridgehead atoms. The summed E-state index contributed by atoms with van der Waals surface area (Å²) in [6, 6.07) is 0. The largest absolute Gasteiger partial charge is 0.388 e. The fourth-order valence-corrected chi connectivity index (χ4v) is 1.47. The number of hydrogen-bond donors (Lipinski definition) is 2. The molecule has 0 saturated carbocycles. The van der Waals surface area contributed by atoms with Crippen LogP contribution in [-0.4, -0.2) is 55.1 Å². The lowest BCUT2D eigenvalue weighted by Crippen LogP contribution is -2.57. The van der Waals surface area contributed by atoms with Crippen molar-refractivity contribution >= 4 is 0 Å². The van der Waals surface area contributed by atoms with Crippen molar-refractivity contribution in [2.45, 2.75) is 37.6 Å². The summed E-state index contributed by atoms with van der Waals surface area (Å²) in [5.74, 6) is 0. The molecule has 1 saturated heterocycles. The van der Waals surface area contributed by atoms with Crippen LogP contribution in [0.4, 0.5) is 0 Å². The van der Waals surface area contributed by atoms with E-state index in [1.54, 1.807) is 6.92 Å². The van der Waals surface area contributed by atoms with Crippen LogP contribution in [0.15, 0.2) is 0 Å². The van der Waals surface area contributed by atoms with Crippen molar-refractivity contribution in [3.63, 3.8) is 0 Å². The molecule has 0 amide bonds. The van der Waals surface area contributed by atoms with Crippen LogP contribution in [0.5, 0.6) is 0 Å². The van der Waals surface area contributed by atoms with Crippen LogP contribution in [0.25, 0.3) is 0 Å². The predicted molar refractivity (Wildman–Crippen MR) is 44.2 cm³/mol. The van der Waals surface area contributed by atoms with Gasteiger partial charge in [0.25, 0.3) is 0 Å². The van der Waals surface area contributed by atoms with Gasteiger partial charge >= 0.3 is 0 Å². The summed E-state index contributed by atoms with van der Waals surface area (Å²) in [6.45, 7) is 1.70. The SMILES string of the molecule is CO[C@@H]1O[C@@H](C)[C@@H](O)[C@@H](OC)[C@@H]1O. The number of methoxy groups -OCH3 is 2. The zero-order valence-electron chi connectivity index (χ0n) is 8.01. The zero-order valence-corrected chi connectivity index (χ0v) is 8.01. The van der Waals surface area contributed by atoms with E-state index >= 15 is 0 Å². The molecule has 1 fully saturated rings. The summed E-state index contributed by atoms with van der Waals surface area (Å²) in [6.07, 6.45) is -3.58. The third-order valence-electron chi connectivity index (χ3n) is 2.29. The van der Waals surface area contributed by atoms with Gasteiger partial charge in [-0.3, -0.25) is 0 Å². The van der Waals surface area contributed by atoms with Gasteiger partial charge in [0.15, 0.2) is 6.29 Å². The van der Waals surface area contributed by atoms with E-state index in [0.717, 1.165) is 0 Å². The maximum atomic E-state index is 9.58. The van der Waals surface area contributed by atoms with Gasteiger partial charge in [0, 0.05) is 14.2 Å². The van der Waals surface area contributed by atoms with E-state index in [1.165, 1.54) is 14.2 Å². The van der Waals surface area contributed by atoms with Gasteiger partial charge in [-0.05, 0) is 6.92 Å². The maximum Gasteiger partial charge on any atom is 0.186 e. The Bertz CT molecular complexity index is 163. The smallest absolute Gasteiger partial charge is 0.186 e. The van der Waals surface area contributed by atoms with E-state index < -0.39 is 30.7 Å². The van der Waals surface area contributed by atoms with Crippen LogP contribution in [0.3, 0.4) is 0 Å². The lowest BCUT2D eigenvalue weighted by molar-refractivity contribution is -0.290. The Balaban J connectivity index is 2.69. The van der Waals surface area contributed by atoms with E-state index in [2.05, 4.69) is 0 Å². The first-order valence-corrected chi connectivity index (χ1v) is 4.19. The van der Waals surface area contributed by atoms with E-state index in [1.807, 2.05) is 0 Å². The number of ether oxygens (including phenoxy) is 3. The van der Waals surface area contributed by atoms with Crippen LogP contribution >= 0.6 is 0 Å². The Morgan fingerprint density at radius 2 is 1.69 bits per heavy atom. The Morgan fingerprint density at radius 3 is 2.15 bits per heavy atom. The first-order valence-electron chi connectivity index (χ1n) is 4.19. The van der Waals surface area contributed by atoms with Crippen molar-refractivity contribution in [1.82, 2.24) is 0 Å². The topological polar surface area (TPSA) is 68.2 Å². The first kappa shape index (κ1) is 10.9. The summed E-state index contributed by atoms with van der Waals surface area (Å²) in [4.78, 5) is 0. The monoisotopic (exact) mass is 192 g/mol. The minimum atomic E-state index is -0.957. The van der Waals surface area contributed by atoms with Crippen molar-refractivity contribution in [3.8, 4) is 0 Å². The van der Waals surface area contributed by atoms with Crippen LogP contribution < -0.4 is 0 Å². The summed E-state index contributed by atoms with van der Waals surface area (Å²) >= 11 is 0. The number of rotatable bonds is 2. The highest BCUT2D eigenvalue weighted by Crippen LogP contribution is 2.22. The second kappa shape index (κ2) is 4.34. The molecule has 78 valence electrons. The normalized spacial score (nSPS) is 46.4. The highest BCUT2D eigenvalue weighted by molar-refractivity contribution is 4.88. The molecule has 0 spiro atoms. The summed E-state index contributed by atoms with van der Waals surface area (Å²) < 4.78 is 15.0. The molecule has 1 heterocycles. The lowest BCUT2D eigenvalue weighted by Gasteiger charge is -2.40. The van der Waals surface area contributed by atoms with Crippen molar-refractivity contribution in [2.24, 2.45) is 0 Å².